The molecule has 21 heavy (non-hydrogen) atoms. The lowest BCUT2D eigenvalue weighted by molar-refractivity contribution is 0.0526. The van der Waals surface area contributed by atoms with Crippen molar-refractivity contribution >= 4 is 11.9 Å². The van der Waals surface area contributed by atoms with Crippen LogP contribution in [0.25, 0.3) is 0 Å². The second-order valence-electron chi connectivity index (χ2n) is 4.59. The first-order valence-electron chi connectivity index (χ1n) is 6.76. The van der Waals surface area contributed by atoms with Crippen LogP contribution in [0.2, 0.25) is 0 Å². The third kappa shape index (κ3) is 4.51. The van der Waals surface area contributed by atoms with E-state index in [1.54, 1.807) is 14.0 Å². The van der Waals surface area contributed by atoms with Gasteiger partial charge in [0.25, 0.3) is 12.3 Å². The molecule has 1 aromatic rings. The van der Waals surface area contributed by atoms with E-state index in [0.717, 1.165) is 18.6 Å². The number of hydrogen-bond acceptors (Lipinski definition) is 3. The van der Waals surface area contributed by atoms with E-state index in [2.05, 4.69) is 0 Å². The molecule has 1 aromatic carbocycles. The summed E-state index contributed by atoms with van der Waals surface area (Å²) in [5.41, 5.74) is -0.344. The van der Waals surface area contributed by atoms with Gasteiger partial charge in [-0.1, -0.05) is 6.92 Å². The van der Waals surface area contributed by atoms with Crippen molar-refractivity contribution in [2.75, 3.05) is 20.2 Å². The minimum absolute atomic E-state index is 0.0390. The molecule has 0 N–H and O–H groups in total. The van der Waals surface area contributed by atoms with E-state index in [-0.39, 0.29) is 23.3 Å². The fraction of sp³-hybridized carbons (Fsp3) is 0.467. The quantitative estimate of drug-likeness (QED) is 0.757. The molecule has 0 atom stereocenters. The SMILES string of the molecule is CCCN(C)C(=O)c1cc(C(=O)OCC)cc(C(F)F)c1. The zero-order valence-electron chi connectivity index (χ0n) is 12.4. The number of hydrogen-bond donors (Lipinski definition) is 0. The maximum absolute atomic E-state index is 12.9. The Balaban J connectivity index is 3.19. The van der Waals surface area contributed by atoms with Crippen molar-refractivity contribution in [3.63, 3.8) is 0 Å². The number of rotatable bonds is 6. The molecular formula is C15H19F2NO3. The number of nitrogens with zero attached hydrogens (tertiary/aromatic N) is 1. The van der Waals surface area contributed by atoms with E-state index in [4.69, 9.17) is 4.74 Å². The molecular weight excluding hydrogens is 280 g/mol. The van der Waals surface area contributed by atoms with Crippen molar-refractivity contribution in [2.24, 2.45) is 0 Å². The molecule has 0 bridgehead atoms. The minimum Gasteiger partial charge on any atom is -0.462 e. The normalized spacial score (nSPS) is 10.6. The average Bonchev–Trinajstić information content (AvgIpc) is 2.46. The summed E-state index contributed by atoms with van der Waals surface area (Å²) >= 11 is 0. The van der Waals surface area contributed by atoms with Crippen LogP contribution in [0.3, 0.4) is 0 Å². The van der Waals surface area contributed by atoms with Crippen molar-refractivity contribution in [1.82, 2.24) is 4.90 Å². The number of amides is 1. The highest BCUT2D eigenvalue weighted by atomic mass is 19.3. The second-order valence-corrected chi connectivity index (χ2v) is 4.59. The number of carbonyl (C=O) groups is 2. The first-order valence-corrected chi connectivity index (χ1v) is 6.76. The van der Waals surface area contributed by atoms with Gasteiger partial charge in [0.15, 0.2) is 0 Å². The van der Waals surface area contributed by atoms with E-state index in [1.807, 2.05) is 6.92 Å². The molecule has 0 aliphatic rings. The minimum atomic E-state index is -2.76. The van der Waals surface area contributed by atoms with Crippen LogP contribution in [-0.2, 0) is 4.74 Å². The monoisotopic (exact) mass is 299 g/mol. The summed E-state index contributed by atoms with van der Waals surface area (Å²) in [6.07, 6.45) is -2.01. The van der Waals surface area contributed by atoms with Crippen molar-refractivity contribution in [3.8, 4) is 0 Å². The van der Waals surface area contributed by atoms with Crippen LogP contribution < -0.4 is 0 Å². The molecule has 1 amide bonds. The Morgan fingerprint density at radius 3 is 2.33 bits per heavy atom. The summed E-state index contributed by atoms with van der Waals surface area (Å²) in [6, 6.07) is 3.46. The lowest BCUT2D eigenvalue weighted by Gasteiger charge is -2.17. The van der Waals surface area contributed by atoms with E-state index >= 15 is 0 Å². The van der Waals surface area contributed by atoms with Crippen LogP contribution in [0.15, 0.2) is 18.2 Å². The summed E-state index contributed by atoms with van der Waals surface area (Å²) in [5, 5.41) is 0. The highest BCUT2D eigenvalue weighted by molar-refractivity contribution is 5.98. The first kappa shape index (κ1) is 17.1. The van der Waals surface area contributed by atoms with Gasteiger partial charge in [0, 0.05) is 24.7 Å². The molecule has 0 unspecified atom stereocenters. The Labute approximate surface area is 122 Å². The molecule has 1 rings (SSSR count). The number of carbonyl (C=O) groups excluding carboxylic acids is 2. The molecule has 6 heteroatoms. The first-order chi connectivity index (χ1) is 9.90. The lowest BCUT2D eigenvalue weighted by atomic mass is 10.0. The van der Waals surface area contributed by atoms with Crippen LogP contribution in [0.5, 0.6) is 0 Å². The third-order valence-electron chi connectivity index (χ3n) is 2.87. The van der Waals surface area contributed by atoms with Crippen molar-refractivity contribution in [2.45, 2.75) is 26.7 Å². The Kier molecular flexibility index (Phi) is 6.27. The molecule has 0 aromatic heterocycles. The average molecular weight is 299 g/mol. The summed E-state index contributed by atoms with van der Waals surface area (Å²) < 4.78 is 30.6. The molecule has 0 spiro atoms. The molecule has 0 radical (unpaired) electrons. The highest BCUT2D eigenvalue weighted by Crippen LogP contribution is 2.23. The number of benzene rings is 1. The molecule has 4 nitrogen and oxygen atoms in total. The maximum Gasteiger partial charge on any atom is 0.338 e. The Bertz CT molecular complexity index is 518. The third-order valence-corrected chi connectivity index (χ3v) is 2.87. The summed E-state index contributed by atoms with van der Waals surface area (Å²) in [4.78, 5) is 25.3. The maximum atomic E-state index is 12.9. The predicted octanol–water partition coefficient (Wildman–Crippen LogP) is 3.28. The largest absolute Gasteiger partial charge is 0.462 e. The molecule has 0 aliphatic heterocycles. The van der Waals surface area contributed by atoms with Crippen molar-refractivity contribution in [3.05, 3.63) is 34.9 Å². The zero-order chi connectivity index (χ0) is 16.0. The zero-order valence-corrected chi connectivity index (χ0v) is 12.4. The van der Waals surface area contributed by atoms with E-state index in [9.17, 15) is 18.4 Å². The molecule has 0 fully saturated rings. The van der Waals surface area contributed by atoms with E-state index in [1.165, 1.54) is 11.0 Å². The van der Waals surface area contributed by atoms with Crippen LogP contribution >= 0.6 is 0 Å². The number of ether oxygens (including phenoxy) is 1. The summed E-state index contributed by atoms with van der Waals surface area (Å²) in [5.74, 6) is -1.11. The molecule has 0 heterocycles. The van der Waals surface area contributed by atoms with E-state index in [0.29, 0.717) is 6.54 Å². The highest BCUT2D eigenvalue weighted by Gasteiger charge is 2.19. The van der Waals surface area contributed by atoms with Gasteiger partial charge in [-0.3, -0.25) is 4.79 Å². The fourth-order valence-corrected chi connectivity index (χ4v) is 1.89. The molecule has 116 valence electrons. The second kappa shape index (κ2) is 7.71. The lowest BCUT2D eigenvalue weighted by Crippen LogP contribution is -2.27. The standard InChI is InChI=1S/C15H19F2NO3/c1-4-6-18(3)14(19)11-7-10(13(16)17)8-12(9-11)15(20)21-5-2/h7-9,13H,4-6H2,1-3H3. The van der Waals surface area contributed by atoms with Gasteiger partial charge in [-0.25, -0.2) is 13.6 Å². The van der Waals surface area contributed by atoms with Gasteiger partial charge in [0.05, 0.1) is 12.2 Å². The Morgan fingerprint density at radius 2 is 1.81 bits per heavy atom. The van der Waals surface area contributed by atoms with Crippen LogP contribution in [-0.4, -0.2) is 37.0 Å². The van der Waals surface area contributed by atoms with Gasteiger partial charge < -0.3 is 9.64 Å². The molecule has 0 saturated carbocycles. The van der Waals surface area contributed by atoms with Crippen molar-refractivity contribution in [1.29, 1.82) is 0 Å². The van der Waals surface area contributed by atoms with Gasteiger partial charge in [0.1, 0.15) is 0 Å². The molecule has 0 saturated heterocycles. The predicted molar refractivity (Wildman–Crippen MR) is 74.6 cm³/mol. The Morgan fingerprint density at radius 1 is 1.19 bits per heavy atom. The number of halogens is 2. The van der Waals surface area contributed by atoms with Crippen LogP contribution in [0.4, 0.5) is 8.78 Å². The summed E-state index contributed by atoms with van der Waals surface area (Å²) in [6.45, 7) is 4.17. The van der Waals surface area contributed by atoms with Crippen molar-refractivity contribution < 1.29 is 23.1 Å². The van der Waals surface area contributed by atoms with Crippen LogP contribution in [0.1, 0.15) is 53.0 Å². The van der Waals surface area contributed by atoms with Gasteiger partial charge in [0.2, 0.25) is 0 Å². The fourth-order valence-electron chi connectivity index (χ4n) is 1.89. The summed E-state index contributed by atoms with van der Waals surface area (Å²) in [7, 11) is 1.59. The smallest absolute Gasteiger partial charge is 0.338 e. The molecule has 0 aliphatic carbocycles. The van der Waals surface area contributed by atoms with Crippen LogP contribution in [0, 0.1) is 0 Å². The number of alkyl halides is 2. The number of esters is 1. The van der Waals surface area contributed by atoms with Gasteiger partial charge in [-0.2, -0.15) is 0 Å². The topological polar surface area (TPSA) is 46.6 Å². The van der Waals surface area contributed by atoms with E-state index < -0.39 is 18.3 Å². The van der Waals surface area contributed by atoms with Gasteiger partial charge in [-0.05, 0) is 31.5 Å². The Hall–Kier alpha value is -1.98. The van der Waals surface area contributed by atoms with Gasteiger partial charge >= 0.3 is 5.97 Å². The van der Waals surface area contributed by atoms with Gasteiger partial charge in [-0.15, -0.1) is 0 Å².